The van der Waals surface area contributed by atoms with Gasteiger partial charge in [0.2, 0.25) is 15.9 Å². The summed E-state index contributed by atoms with van der Waals surface area (Å²) in [6.07, 6.45) is 2.37. The van der Waals surface area contributed by atoms with Crippen molar-refractivity contribution < 1.29 is 26.0 Å². The van der Waals surface area contributed by atoms with Crippen LogP contribution in [0, 0.1) is 5.82 Å². The first-order valence-corrected chi connectivity index (χ1v) is 12.8. The highest BCUT2D eigenvalue weighted by molar-refractivity contribution is 7.93. The highest BCUT2D eigenvalue weighted by Crippen LogP contribution is 2.21. The van der Waals surface area contributed by atoms with E-state index in [9.17, 15) is 26.0 Å². The van der Waals surface area contributed by atoms with Gasteiger partial charge in [0.15, 0.2) is 5.13 Å². The van der Waals surface area contributed by atoms with Crippen LogP contribution in [0.1, 0.15) is 0 Å². The van der Waals surface area contributed by atoms with Crippen LogP contribution in [0.5, 0.6) is 0 Å². The number of thiazole rings is 1. The van der Waals surface area contributed by atoms with Crippen LogP contribution in [0.4, 0.5) is 20.9 Å². The third-order valence-electron chi connectivity index (χ3n) is 3.89. The smallest absolute Gasteiger partial charge is 0.263 e. The molecule has 0 radical (unpaired) electrons. The third-order valence-corrected chi connectivity index (χ3v) is 7.20. The Morgan fingerprint density at radius 3 is 2.42 bits per heavy atom. The number of nitrogens with one attached hydrogen (secondary N) is 2. The molecule has 0 aliphatic rings. The Balaban J connectivity index is 1.71. The number of hydrogen-bond donors (Lipinski definition) is 2. The number of nitrogens with zero attached hydrogens (tertiary/aromatic N) is 2. The topological polar surface area (TPSA) is 126 Å². The van der Waals surface area contributed by atoms with Crippen LogP contribution in [-0.2, 0) is 24.8 Å². The van der Waals surface area contributed by atoms with E-state index in [4.69, 9.17) is 0 Å². The standard InChI is InChI=1S/C18H17FN4O5S3/c1-30(25,26)23(15-4-2-3-13(19)11-15)12-17(24)21-14-5-7-16(8-6-14)31(27,28)22-18-20-9-10-29-18/h2-11H,12H2,1H3,(H,20,22)(H,21,24). The van der Waals surface area contributed by atoms with Gasteiger partial charge >= 0.3 is 0 Å². The average molecular weight is 485 g/mol. The number of anilines is 3. The summed E-state index contributed by atoms with van der Waals surface area (Å²) in [4.78, 5) is 16.2. The highest BCUT2D eigenvalue weighted by Gasteiger charge is 2.22. The summed E-state index contributed by atoms with van der Waals surface area (Å²) in [5.74, 6) is -1.33. The molecule has 1 amide bonds. The van der Waals surface area contributed by atoms with Crippen LogP contribution >= 0.6 is 11.3 Å². The maximum absolute atomic E-state index is 13.5. The van der Waals surface area contributed by atoms with Crippen molar-refractivity contribution in [3.05, 3.63) is 65.9 Å². The second-order valence-electron chi connectivity index (χ2n) is 6.26. The molecule has 9 nitrogen and oxygen atoms in total. The Labute approximate surface area is 182 Å². The van der Waals surface area contributed by atoms with E-state index < -0.39 is 38.3 Å². The van der Waals surface area contributed by atoms with E-state index in [0.717, 1.165) is 34.0 Å². The quantitative estimate of drug-likeness (QED) is 0.506. The van der Waals surface area contributed by atoms with E-state index in [2.05, 4.69) is 15.0 Å². The Hall–Kier alpha value is -3.03. The summed E-state index contributed by atoms with van der Waals surface area (Å²) in [7, 11) is -7.70. The predicted octanol–water partition coefficient (Wildman–Crippen LogP) is 2.49. The number of amides is 1. The van der Waals surface area contributed by atoms with Crippen molar-refractivity contribution in [1.82, 2.24) is 4.98 Å². The van der Waals surface area contributed by atoms with Gasteiger partial charge in [0, 0.05) is 17.3 Å². The maximum atomic E-state index is 13.5. The van der Waals surface area contributed by atoms with Crippen LogP contribution in [-0.4, -0.2) is 40.5 Å². The molecule has 164 valence electrons. The molecular formula is C18H17FN4O5S3. The van der Waals surface area contributed by atoms with Crippen molar-refractivity contribution in [2.24, 2.45) is 0 Å². The number of carbonyl (C=O) groups is 1. The summed E-state index contributed by atoms with van der Waals surface area (Å²) in [5, 5.41) is 4.33. The molecule has 0 atom stereocenters. The van der Waals surface area contributed by atoms with Gasteiger partial charge in [-0.2, -0.15) is 0 Å². The largest absolute Gasteiger partial charge is 0.325 e. The van der Waals surface area contributed by atoms with Crippen molar-refractivity contribution in [1.29, 1.82) is 0 Å². The molecule has 0 bridgehead atoms. The van der Waals surface area contributed by atoms with Gasteiger partial charge in [0.05, 0.1) is 16.8 Å². The van der Waals surface area contributed by atoms with Gasteiger partial charge in [0.25, 0.3) is 10.0 Å². The number of sulfonamides is 2. The normalized spacial score (nSPS) is 11.7. The maximum Gasteiger partial charge on any atom is 0.263 e. The first kappa shape index (κ1) is 22.7. The fourth-order valence-electron chi connectivity index (χ4n) is 2.53. The number of benzene rings is 2. The zero-order valence-electron chi connectivity index (χ0n) is 16.0. The lowest BCUT2D eigenvalue weighted by Gasteiger charge is -2.22. The molecule has 0 saturated heterocycles. The summed E-state index contributed by atoms with van der Waals surface area (Å²) in [6.45, 7) is -0.589. The average Bonchev–Trinajstić information content (AvgIpc) is 3.18. The van der Waals surface area contributed by atoms with Gasteiger partial charge in [-0.1, -0.05) is 6.07 Å². The zero-order valence-corrected chi connectivity index (χ0v) is 18.5. The van der Waals surface area contributed by atoms with Crippen LogP contribution in [0.3, 0.4) is 0 Å². The Morgan fingerprint density at radius 2 is 1.84 bits per heavy atom. The first-order valence-electron chi connectivity index (χ1n) is 8.60. The van der Waals surface area contributed by atoms with E-state index in [0.29, 0.717) is 0 Å². The Bertz CT molecular complexity index is 1280. The molecule has 3 aromatic rings. The van der Waals surface area contributed by atoms with Gasteiger partial charge < -0.3 is 5.32 Å². The van der Waals surface area contributed by atoms with E-state index in [-0.39, 0.29) is 21.4 Å². The van der Waals surface area contributed by atoms with E-state index in [1.165, 1.54) is 42.6 Å². The molecule has 0 fully saturated rings. The number of rotatable bonds is 8. The van der Waals surface area contributed by atoms with Crippen molar-refractivity contribution in [2.75, 3.05) is 27.1 Å². The number of carbonyl (C=O) groups excluding carboxylic acids is 1. The van der Waals surface area contributed by atoms with Gasteiger partial charge in [-0.25, -0.2) is 26.2 Å². The summed E-state index contributed by atoms with van der Waals surface area (Å²) >= 11 is 1.13. The van der Waals surface area contributed by atoms with Crippen LogP contribution in [0.25, 0.3) is 0 Å². The second kappa shape index (κ2) is 8.99. The summed E-state index contributed by atoms with van der Waals surface area (Å²) in [5.41, 5.74) is 0.262. The van der Waals surface area contributed by atoms with E-state index in [1.807, 2.05) is 0 Å². The molecule has 13 heteroatoms. The van der Waals surface area contributed by atoms with E-state index in [1.54, 1.807) is 5.38 Å². The monoisotopic (exact) mass is 484 g/mol. The molecule has 0 aliphatic heterocycles. The van der Waals surface area contributed by atoms with Crippen LogP contribution in [0.2, 0.25) is 0 Å². The lowest BCUT2D eigenvalue weighted by atomic mass is 10.3. The molecule has 2 N–H and O–H groups in total. The Kier molecular flexibility index (Phi) is 6.57. The lowest BCUT2D eigenvalue weighted by molar-refractivity contribution is -0.114. The molecule has 0 saturated carbocycles. The summed E-state index contributed by atoms with van der Waals surface area (Å²) < 4.78 is 65.4. The fraction of sp³-hybridized carbons (Fsp3) is 0.111. The zero-order chi connectivity index (χ0) is 22.6. The minimum Gasteiger partial charge on any atom is -0.325 e. The van der Waals surface area contributed by atoms with Gasteiger partial charge in [-0.3, -0.25) is 13.8 Å². The van der Waals surface area contributed by atoms with E-state index >= 15 is 0 Å². The third kappa shape index (κ3) is 5.99. The molecule has 1 heterocycles. The molecule has 1 aromatic heterocycles. The lowest BCUT2D eigenvalue weighted by Crippen LogP contribution is -2.37. The van der Waals surface area contributed by atoms with Crippen molar-refractivity contribution in [3.8, 4) is 0 Å². The molecule has 0 spiro atoms. The minimum atomic E-state index is -3.86. The molecule has 31 heavy (non-hydrogen) atoms. The fourth-order valence-corrected chi connectivity index (χ4v) is 5.16. The second-order valence-corrected chi connectivity index (χ2v) is 10.7. The highest BCUT2D eigenvalue weighted by atomic mass is 32.2. The summed E-state index contributed by atoms with van der Waals surface area (Å²) in [6, 6.07) is 10.2. The van der Waals surface area contributed by atoms with Crippen molar-refractivity contribution in [2.45, 2.75) is 4.90 Å². The van der Waals surface area contributed by atoms with Crippen LogP contribution < -0.4 is 14.3 Å². The number of hydrogen-bond acceptors (Lipinski definition) is 7. The SMILES string of the molecule is CS(=O)(=O)N(CC(=O)Nc1ccc(S(=O)(=O)Nc2nccs2)cc1)c1cccc(F)c1. The van der Waals surface area contributed by atoms with Crippen molar-refractivity contribution >= 4 is 53.8 Å². The number of aromatic nitrogens is 1. The molecule has 0 unspecified atom stereocenters. The van der Waals surface area contributed by atoms with Crippen LogP contribution in [0.15, 0.2) is 65.0 Å². The molecule has 3 rings (SSSR count). The molecule has 2 aromatic carbocycles. The minimum absolute atomic E-state index is 0.00681. The van der Waals surface area contributed by atoms with Gasteiger partial charge in [0.1, 0.15) is 12.4 Å². The first-order chi connectivity index (χ1) is 14.5. The molecule has 0 aliphatic carbocycles. The molecular weight excluding hydrogens is 467 g/mol. The van der Waals surface area contributed by atoms with Crippen molar-refractivity contribution in [3.63, 3.8) is 0 Å². The van der Waals surface area contributed by atoms with Gasteiger partial charge in [-0.05, 0) is 42.5 Å². The number of halogens is 1. The van der Waals surface area contributed by atoms with Gasteiger partial charge in [-0.15, -0.1) is 11.3 Å². The predicted molar refractivity (Wildman–Crippen MR) is 117 cm³/mol. The Morgan fingerprint density at radius 1 is 1.13 bits per heavy atom.